The summed E-state index contributed by atoms with van der Waals surface area (Å²) in [5.41, 5.74) is 9.70. The maximum absolute atomic E-state index is 12.8. The van der Waals surface area contributed by atoms with Gasteiger partial charge in [-0.15, -0.1) is 0 Å². The first kappa shape index (κ1) is 22.9. The molecule has 5 rings (SSSR count). The Bertz CT molecular complexity index is 1530. The van der Waals surface area contributed by atoms with Crippen LogP contribution in [-0.4, -0.2) is 55.8 Å². The number of carbonyl (C=O) groups is 2. The molecule has 36 heavy (non-hydrogen) atoms. The van der Waals surface area contributed by atoms with Crippen LogP contribution in [0.2, 0.25) is 0 Å². The average molecular weight is 481 g/mol. The number of aromatic nitrogens is 4. The number of aryl methyl sites for hydroxylation is 1. The first-order valence-corrected chi connectivity index (χ1v) is 11.4. The monoisotopic (exact) mass is 480 g/mol. The zero-order valence-electron chi connectivity index (χ0n) is 19.9. The molecular weight excluding hydrogens is 456 g/mol. The van der Waals surface area contributed by atoms with Crippen molar-refractivity contribution >= 4 is 34.9 Å². The zero-order chi connectivity index (χ0) is 25.2. The molecule has 10 heteroatoms. The van der Waals surface area contributed by atoms with Crippen LogP contribution in [0, 0.1) is 18.8 Å². The predicted molar refractivity (Wildman–Crippen MR) is 137 cm³/mol. The molecular formula is C26H24N8O2. The lowest BCUT2D eigenvalue weighted by Crippen LogP contribution is -2.30. The van der Waals surface area contributed by atoms with E-state index in [9.17, 15) is 9.59 Å². The fraction of sp³-hybridized carbons (Fsp3) is 0.192. The average Bonchev–Trinajstić information content (AvgIpc) is 3.51. The Morgan fingerprint density at radius 1 is 1.11 bits per heavy atom. The number of imidazole rings is 1. The summed E-state index contributed by atoms with van der Waals surface area (Å²) >= 11 is 0. The second-order valence-corrected chi connectivity index (χ2v) is 8.34. The van der Waals surface area contributed by atoms with Gasteiger partial charge in [0.15, 0.2) is 0 Å². The lowest BCUT2D eigenvalue weighted by Gasteiger charge is -2.17. The summed E-state index contributed by atoms with van der Waals surface area (Å²) in [6.07, 6.45) is 5.04. The van der Waals surface area contributed by atoms with E-state index in [1.54, 1.807) is 48.6 Å². The summed E-state index contributed by atoms with van der Waals surface area (Å²) in [6.45, 7) is 5.06. The number of nitrogens with zero attached hydrogens (tertiary/aromatic N) is 6. The van der Waals surface area contributed by atoms with Gasteiger partial charge in [-0.3, -0.25) is 14.0 Å². The zero-order valence-corrected chi connectivity index (χ0v) is 19.9. The van der Waals surface area contributed by atoms with Gasteiger partial charge in [-0.25, -0.2) is 15.0 Å². The van der Waals surface area contributed by atoms with Gasteiger partial charge in [0.1, 0.15) is 22.8 Å². The number of fused-ring (bicyclic) bond motifs is 1. The lowest BCUT2D eigenvalue weighted by atomic mass is 10.0. The van der Waals surface area contributed by atoms with E-state index >= 15 is 0 Å². The van der Waals surface area contributed by atoms with Crippen LogP contribution in [0.3, 0.4) is 0 Å². The maximum Gasteiger partial charge on any atom is 0.299 e. The molecule has 10 nitrogen and oxygen atoms in total. The first-order valence-electron chi connectivity index (χ1n) is 11.4. The molecule has 0 atom stereocenters. The van der Waals surface area contributed by atoms with Crippen LogP contribution >= 0.6 is 0 Å². The quantitative estimate of drug-likeness (QED) is 0.431. The molecule has 0 saturated carbocycles. The Balaban J connectivity index is 1.49. The molecule has 1 fully saturated rings. The molecule has 1 aliphatic heterocycles. The normalized spacial score (nSPS) is 12.9. The lowest BCUT2D eigenvalue weighted by molar-refractivity contribution is -0.124. The van der Waals surface area contributed by atoms with Crippen molar-refractivity contribution in [2.24, 2.45) is 0 Å². The third-order valence-electron chi connectivity index (χ3n) is 6.00. The number of benzene rings is 1. The number of nitrogen functional groups attached to an aromatic ring is 1. The van der Waals surface area contributed by atoms with Crippen LogP contribution in [0.15, 0.2) is 55.0 Å². The smallest absolute Gasteiger partial charge is 0.299 e. The minimum atomic E-state index is -0.244. The molecule has 0 unspecified atom stereocenters. The molecule has 1 aliphatic rings. The third kappa shape index (κ3) is 4.18. The van der Waals surface area contributed by atoms with Gasteiger partial charge in [-0.1, -0.05) is 18.1 Å². The van der Waals surface area contributed by atoms with Crippen LogP contribution in [0.1, 0.15) is 22.8 Å². The Morgan fingerprint density at radius 2 is 1.97 bits per heavy atom. The largest absolute Gasteiger partial charge is 0.382 e. The fourth-order valence-corrected chi connectivity index (χ4v) is 4.26. The van der Waals surface area contributed by atoms with Gasteiger partial charge in [0.05, 0.1) is 6.67 Å². The van der Waals surface area contributed by atoms with Crippen LogP contribution in [0.5, 0.6) is 0 Å². The van der Waals surface area contributed by atoms with Gasteiger partial charge in [-0.05, 0) is 49.6 Å². The second kappa shape index (κ2) is 9.38. The molecule has 0 aliphatic carbocycles. The number of hydrogen-bond acceptors (Lipinski definition) is 7. The van der Waals surface area contributed by atoms with Crippen molar-refractivity contribution in [2.45, 2.75) is 13.8 Å². The van der Waals surface area contributed by atoms with Crippen LogP contribution in [0.4, 0.5) is 17.6 Å². The van der Waals surface area contributed by atoms with Crippen molar-refractivity contribution < 1.29 is 9.59 Å². The van der Waals surface area contributed by atoms with E-state index in [4.69, 9.17) is 10.7 Å². The molecule has 180 valence electrons. The SMILES string of the molecule is CC#CC(=O)N1CCN(c2nc(-c3ccc(C(=O)Nc4ccccn4)c(C)c3)c3c(N)nccn23)C1. The van der Waals surface area contributed by atoms with Crippen LogP contribution in [0.25, 0.3) is 16.8 Å². The molecule has 0 bridgehead atoms. The van der Waals surface area contributed by atoms with E-state index in [0.717, 1.165) is 11.1 Å². The van der Waals surface area contributed by atoms with Crippen molar-refractivity contribution in [3.05, 3.63) is 66.1 Å². The Morgan fingerprint density at radius 3 is 2.72 bits per heavy atom. The molecule has 4 aromatic rings. The van der Waals surface area contributed by atoms with Crippen molar-refractivity contribution in [3.8, 4) is 23.1 Å². The summed E-state index contributed by atoms with van der Waals surface area (Å²) in [6, 6.07) is 10.8. The van der Waals surface area contributed by atoms with E-state index in [1.807, 2.05) is 34.4 Å². The van der Waals surface area contributed by atoms with E-state index in [1.165, 1.54) is 0 Å². The highest BCUT2D eigenvalue weighted by atomic mass is 16.2. The number of pyridine rings is 1. The molecule has 1 aromatic carbocycles. The highest BCUT2D eigenvalue weighted by Crippen LogP contribution is 2.33. The number of nitrogens with two attached hydrogens (primary N) is 1. The van der Waals surface area contributed by atoms with Crippen LogP contribution in [-0.2, 0) is 4.79 Å². The fourth-order valence-electron chi connectivity index (χ4n) is 4.26. The van der Waals surface area contributed by atoms with Crippen LogP contribution < -0.4 is 16.0 Å². The van der Waals surface area contributed by atoms with Gasteiger partial charge < -0.3 is 20.9 Å². The van der Waals surface area contributed by atoms with Crippen molar-refractivity contribution in [2.75, 3.05) is 35.7 Å². The van der Waals surface area contributed by atoms with Gasteiger partial charge in [0.25, 0.3) is 11.8 Å². The Kier molecular flexibility index (Phi) is 5.96. The van der Waals surface area contributed by atoms with Crippen molar-refractivity contribution in [3.63, 3.8) is 0 Å². The highest BCUT2D eigenvalue weighted by molar-refractivity contribution is 6.05. The summed E-state index contributed by atoms with van der Waals surface area (Å²) in [7, 11) is 0. The van der Waals surface area contributed by atoms with Crippen molar-refractivity contribution in [1.29, 1.82) is 0 Å². The van der Waals surface area contributed by atoms with E-state index in [-0.39, 0.29) is 11.8 Å². The molecule has 4 heterocycles. The van der Waals surface area contributed by atoms with E-state index in [0.29, 0.717) is 54.1 Å². The second-order valence-electron chi connectivity index (χ2n) is 8.34. The minimum Gasteiger partial charge on any atom is -0.382 e. The maximum atomic E-state index is 12.8. The van der Waals surface area contributed by atoms with Gasteiger partial charge in [0.2, 0.25) is 5.95 Å². The summed E-state index contributed by atoms with van der Waals surface area (Å²) < 4.78 is 1.88. The molecule has 1 saturated heterocycles. The summed E-state index contributed by atoms with van der Waals surface area (Å²) in [5, 5.41) is 2.81. The number of rotatable bonds is 4. The van der Waals surface area contributed by atoms with E-state index < -0.39 is 0 Å². The molecule has 0 radical (unpaired) electrons. The molecule has 0 spiro atoms. The highest BCUT2D eigenvalue weighted by Gasteiger charge is 2.28. The minimum absolute atomic E-state index is 0.211. The molecule has 3 N–H and O–H groups in total. The number of carbonyl (C=O) groups excluding carboxylic acids is 2. The predicted octanol–water partition coefficient (Wildman–Crippen LogP) is 2.56. The van der Waals surface area contributed by atoms with Crippen molar-refractivity contribution in [1.82, 2.24) is 24.3 Å². The molecule has 2 amide bonds. The number of nitrogens with one attached hydrogen (secondary N) is 1. The number of hydrogen-bond donors (Lipinski definition) is 2. The first-order chi connectivity index (χ1) is 17.5. The topological polar surface area (TPSA) is 122 Å². The number of anilines is 3. The Labute approximate surface area is 207 Å². The van der Waals surface area contributed by atoms with E-state index in [2.05, 4.69) is 27.1 Å². The van der Waals surface area contributed by atoms with Gasteiger partial charge in [-0.2, -0.15) is 0 Å². The summed E-state index contributed by atoms with van der Waals surface area (Å²) in [4.78, 5) is 42.1. The standard InChI is InChI=1S/C26H24N8O2/c1-3-6-21(35)32-13-14-33(16-32)26-31-22(23-24(27)29-11-12-34(23)26)18-8-9-19(17(2)15-18)25(36)30-20-7-4-5-10-28-20/h4-5,7-12,15H,13-14,16H2,1-2H3,(H2,27,29)(H,28,30,36). The summed E-state index contributed by atoms with van der Waals surface area (Å²) in [5.74, 6) is 6.27. The van der Waals surface area contributed by atoms with Gasteiger partial charge in [0, 0.05) is 42.8 Å². The third-order valence-corrected chi connectivity index (χ3v) is 6.00. The molecule has 3 aromatic heterocycles. The Hall–Kier alpha value is -4.91. The number of amides is 2. The van der Waals surface area contributed by atoms with Gasteiger partial charge >= 0.3 is 0 Å².